The van der Waals surface area contributed by atoms with Crippen LogP contribution in [0.3, 0.4) is 0 Å². The van der Waals surface area contributed by atoms with E-state index >= 15 is 0 Å². The first-order valence-electron chi connectivity index (χ1n) is 6.39. The van der Waals surface area contributed by atoms with E-state index in [0.29, 0.717) is 6.54 Å². The molecule has 100 valence electrons. The van der Waals surface area contributed by atoms with Gasteiger partial charge in [-0.1, -0.05) is 15.9 Å². The van der Waals surface area contributed by atoms with Crippen molar-refractivity contribution in [1.29, 1.82) is 0 Å². The van der Waals surface area contributed by atoms with E-state index < -0.39 is 0 Å². The van der Waals surface area contributed by atoms with Gasteiger partial charge in [0.2, 0.25) is 0 Å². The highest BCUT2D eigenvalue weighted by atomic mass is 79.9. The Balaban J connectivity index is 2.21. The van der Waals surface area contributed by atoms with Crippen molar-refractivity contribution in [2.24, 2.45) is 5.73 Å². The molecule has 0 radical (unpaired) electrons. The predicted molar refractivity (Wildman–Crippen MR) is 79.1 cm³/mol. The monoisotopic (exact) mass is 312 g/mol. The molecule has 0 atom stereocenters. The van der Waals surface area contributed by atoms with E-state index in [9.17, 15) is 0 Å². The first-order valence-corrected chi connectivity index (χ1v) is 7.18. The second-order valence-corrected chi connectivity index (χ2v) is 5.94. The Morgan fingerprint density at radius 1 is 1.28 bits per heavy atom. The highest BCUT2D eigenvalue weighted by molar-refractivity contribution is 9.10. The van der Waals surface area contributed by atoms with Crippen LogP contribution in [0.25, 0.3) is 0 Å². The van der Waals surface area contributed by atoms with Crippen LogP contribution in [-0.4, -0.2) is 25.3 Å². The van der Waals surface area contributed by atoms with Gasteiger partial charge >= 0.3 is 0 Å². The molecule has 0 aliphatic carbocycles. The molecule has 1 fully saturated rings. The predicted octanol–water partition coefficient (Wildman–Crippen LogP) is 2.99. The molecule has 2 rings (SSSR count). The summed E-state index contributed by atoms with van der Waals surface area (Å²) in [6.45, 7) is 6.45. The van der Waals surface area contributed by atoms with E-state index in [-0.39, 0.29) is 5.54 Å². The summed E-state index contributed by atoms with van der Waals surface area (Å²) in [6, 6.07) is 4.34. The minimum Gasteiger partial charge on any atom is -0.381 e. The van der Waals surface area contributed by atoms with Gasteiger partial charge < -0.3 is 15.8 Å². The van der Waals surface area contributed by atoms with Gasteiger partial charge in [-0.25, -0.2) is 0 Å². The number of hydrogen-bond donors (Lipinski definition) is 2. The molecule has 18 heavy (non-hydrogen) atoms. The van der Waals surface area contributed by atoms with Crippen molar-refractivity contribution < 1.29 is 4.74 Å². The molecular weight excluding hydrogens is 292 g/mol. The second-order valence-electron chi connectivity index (χ2n) is 5.15. The van der Waals surface area contributed by atoms with E-state index in [1.807, 2.05) is 0 Å². The van der Waals surface area contributed by atoms with Crippen molar-refractivity contribution >= 4 is 21.6 Å². The number of hydrogen-bond acceptors (Lipinski definition) is 3. The summed E-state index contributed by atoms with van der Waals surface area (Å²) in [5.74, 6) is 0. The standard InChI is InChI=1S/C14H21BrN2O/c1-10-7-12(8-11(2)13(10)15)17-14(9-16)3-5-18-6-4-14/h7-8,17H,3-6,9,16H2,1-2H3. The molecule has 1 aromatic rings. The number of rotatable bonds is 3. The summed E-state index contributed by atoms with van der Waals surface area (Å²) < 4.78 is 6.61. The summed E-state index contributed by atoms with van der Waals surface area (Å²) in [4.78, 5) is 0. The van der Waals surface area contributed by atoms with Crippen LogP contribution in [0.2, 0.25) is 0 Å². The second kappa shape index (κ2) is 5.59. The fourth-order valence-corrected chi connectivity index (χ4v) is 2.70. The van der Waals surface area contributed by atoms with Gasteiger partial charge in [-0.3, -0.25) is 0 Å². The van der Waals surface area contributed by atoms with Crippen molar-refractivity contribution in [3.8, 4) is 0 Å². The molecule has 1 saturated heterocycles. The molecule has 0 aromatic heterocycles. The fourth-order valence-electron chi connectivity index (χ4n) is 2.47. The first kappa shape index (κ1) is 13.8. The zero-order valence-electron chi connectivity index (χ0n) is 11.1. The Morgan fingerprint density at radius 2 is 1.83 bits per heavy atom. The number of anilines is 1. The van der Waals surface area contributed by atoms with Gasteiger partial charge in [0.25, 0.3) is 0 Å². The van der Waals surface area contributed by atoms with Crippen LogP contribution in [0.1, 0.15) is 24.0 Å². The van der Waals surface area contributed by atoms with E-state index in [2.05, 4.69) is 47.2 Å². The molecule has 1 aliphatic rings. The fraction of sp³-hybridized carbons (Fsp3) is 0.571. The molecule has 3 nitrogen and oxygen atoms in total. The van der Waals surface area contributed by atoms with Crippen molar-refractivity contribution in [3.63, 3.8) is 0 Å². The van der Waals surface area contributed by atoms with Crippen LogP contribution in [0.5, 0.6) is 0 Å². The average Bonchev–Trinajstić information content (AvgIpc) is 2.37. The molecule has 4 heteroatoms. The quantitative estimate of drug-likeness (QED) is 0.902. The highest BCUT2D eigenvalue weighted by Gasteiger charge is 2.31. The van der Waals surface area contributed by atoms with Crippen LogP contribution >= 0.6 is 15.9 Å². The molecular formula is C14H21BrN2O. The lowest BCUT2D eigenvalue weighted by Crippen LogP contribution is -2.49. The molecule has 1 aromatic carbocycles. The molecule has 1 heterocycles. The van der Waals surface area contributed by atoms with E-state index in [1.54, 1.807) is 0 Å². The van der Waals surface area contributed by atoms with Gasteiger partial charge in [0.05, 0.1) is 5.54 Å². The minimum atomic E-state index is -0.00897. The summed E-state index contributed by atoms with van der Waals surface area (Å²) in [6.07, 6.45) is 1.94. The molecule has 0 saturated carbocycles. The zero-order valence-corrected chi connectivity index (χ0v) is 12.6. The van der Waals surface area contributed by atoms with E-state index in [1.165, 1.54) is 15.6 Å². The van der Waals surface area contributed by atoms with Crippen LogP contribution in [0, 0.1) is 13.8 Å². The maximum atomic E-state index is 5.96. The lowest BCUT2D eigenvalue weighted by molar-refractivity contribution is 0.0628. The summed E-state index contributed by atoms with van der Waals surface area (Å²) in [5.41, 5.74) is 9.60. The zero-order chi connectivity index (χ0) is 13.2. The van der Waals surface area contributed by atoms with Crippen LogP contribution in [0.15, 0.2) is 16.6 Å². The van der Waals surface area contributed by atoms with Gasteiger partial charge in [0.15, 0.2) is 0 Å². The third kappa shape index (κ3) is 2.87. The summed E-state index contributed by atoms with van der Waals surface area (Å²) in [7, 11) is 0. The van der Waals surface area contributed by atoms with Gasteiger partial charge in [-0.05, 0) is 49.9 Å². The molecule has 3 N–H and O–H groups in total. The normalized spacial score (nSPS) is 18.7. The Morgan fingerprint density at radius 3 is 2.33 bits per heavy atom. The van der Waals surface area contributed by atoms with Gasteiger partial charge in [0.1, 0.15) is 0 Å². The van der Waals surface area contributed by atoms with Crippen molar-refractivity contribution in [1.82, 2.24) is 0 Å². The Bertz CT molecular complexity index is 405. The molecule has 0 bridgehead atoms. The topological polar surface area (TPSA) is 47.3 Å². The third-order valence-corrected chi connectivity index (χ3v) is 4.94. The summed E-state index contributed by atoms with van der Waals surface area (Å²) in [5, 5.41) is 3.63. The molecule has 0 spiro atoms. The smallest absolute Gasteiger partial charge is 0.0539 e. The number of nitrogens with two attached hydrogens (primary N) is 1. The van der Waals surface area contributed by atoms with Gasteiger partial charge in [-0.2, -0.15) is 0 Å². The average molecular weight is 313 g/mol. The van der Waals surface area contributed by atoms with Crippen molar-refractivity contribution in [2.45, 2.75) is 32.2 Å². The number of halogens is 1. The lowest BCUT2D eigenvalue weighted by Gasteiger charge is -2.38. The maximum absolute atomic E-state index is 5.96. The van der Waals surface area contributed by atoms with Crippen molar-refractivity contribution in [2.75, 3.05) is 25.1 Å². The summed E-state index contributed by atoms with van der Waals surface area (Å²) >= 11 is 3.60. The van der Waals surface area contributed by atoms with Crippen LogP contribution in [-0.2, 0) is 4.74 Å². The van der Waals surface area contributed by atoms with E-state index in [4.69, 9.17) is 10.5 Å². The maximum Gasteiger partial charge on any atom is 0.0539 e. The largest absolute Gasteiger partial charge is 0.381 e. The number of benzene rings is 1. The van der Waals surface area contributed by atoms with Gasteiger partial charge in [0, 0.05) is 29.9 Å². The van der Waals surface area contributed by atoms with E-state index in [0.717, 1.165) is 31.7 Å². The Hall–Kier alpha value is -0.580. The van der Waals surface area contributed by atoms with Crippen molar-refractivity contribution in [3.05, 3.63) is 27.7 Å². The van der Waals surface area contributed by atoms with Crippen LogP contribution in [0.4, 0.5) is 5.69 Å². The third-order valence-electron chi connectivity index (χ3n) is 3.69. The Kier molecular flexibility index (Phi) is 4.30. The molecule has 0 amide bonds. The van der Waals surface area contributed by atoms with Gasteiger partial charge in [-0.15, -0.1) is 0 Å². The van der Waals surface area contributed by atoms with Crippen LogP contribution < -0.4 is 11.1 Å². The lowest BCUT2D eigenvalue weighted by atomic mass is 9.89. The first-order chi connectivity index (χ1) is 8.56. The SMILES string of the molecule is Cc1cc(NC2(CN)CCOCC2)cc(C)c1Br. The molecule has 1 aliphatic heterocycles. The number of nitrogens with one attached hydrogen (secondary N) is 1. The number of aryl methyl sites for hydroxylation is 2. The molecule has 0 unspecified atom stereocenters. The highest BCUT2D eigenvalue weighted by Crippen LogP contribution is 2.29. The number of ether oxygens (including phenoxy) is 1. The Labute approximate surface area is 117 Å². The minimum absolute atomic E-state index is 0.00897.